The van der Waals surface area contributed by atoms with Crippen molar-refractivity contribution in [2.24, 2.45) is 5.73 Å². The van der Waals surface area contributed by atoms with Crippen LogP contribution in [-0.2, 0) is 9.84 Å². The van der Waals surface area contributed by atoms with Gasteiger partial charge in [-0.2, -0.15) is 5.26 Å². The van der Waals surface area contributed by atoms with Gasteiger partial charge in [0.1, 0.15) is 10.8 Å². The van der Waals surface area contributed by atoms with Gasteiger partial charge in [0.15, 0.2) is 9.84 Å². The third-order valence-electron chi connectivity index (χ3n) is 3.94. The molecule has 3 atom stereocenters. The van der Waals surface area contributed by atoms with E-state index in [1.165, 1.54) is 12.1 Å². The monoisotopic (exact) mass is 298 g/mol. The number of nitrogens with zero attached hydrogens (tertiary/aromatic N) is 1. The predicted molar refractivity (Wildman–Crippen MR) is 79.1 cm³/mol. The summed E-state index contributed by atoms with van der Waals surface area (Å²) in [6.45, 7) is 0. The summed E-state index contributed by atoms with van der Waals surface area (Å²) in [7, 11) is -3.63. The van der Waals surface area contributed by atoms with Gasteiger partial charge in [-0.3, -0.25) is 0 Å². The topological polar surface area (TPSA) is 83.9 Å². The highest BCUT2D eigenvalue weighted by atomic mass is 32.2. The second-order valence-electron chi connectivity index (χ2n) is 5.21. The summed E-state index contributed by atoms with van der Waals surface area (Å²) in [5.74, 6) is -0.492. The Balaban J connectivity index is 2.05. The molecule has 1 aliphatic carbocycles. The maximum Gasteiger partial charge on any atom is 0.184 e. The molecule has 1 fully saturated rings. The molecule has 0 radical (unpaired) electrons. The molecule has 0 spiro atoms. The first-order chi connectivity index (χ1) is 10.0. The van der Waals surface area contributed by atoms with Crippen LogP contribution in [0.15, 0.2) is 65.6 Å². The number of hydrogen-bond donors (Lipinski definition) is 1. The Morgan fingerprint density at radius 3 is 2.05 bits per heavy atom. The highest BCUT2D eigenvalue weighted by Gasteiger charge is 2.70. The zero-order chi connectivity index (χ0) is 15.1. The molecule has 0 aliphatic heterocycles. The Morgan fingerprint density at radius 2 is 1.52 bits per heavy atom. The van der Waals surface area contributed by atoms with Crippen molar-refractivity contribution in [2.75, 3.05) is 0 Å². The van der Waals surface area contributed by atoms with Gasteiger partial charge in [-0.05, 0) is 17.7 Å². The molecule has 2 aromatic rings. The Labute approximate surface area is 123 Å². The minimum absolute atomic E-state index is 0.207. The van der Waals surface area contributed by atoms with E-state index in [1.807, 2.05) is 36.4 Å². The Hall–Kier alpha value is -2.16. The average molecular weight is 298 g/mol. The largest absolute Gasteiger partial charge is 0.312 e. The molecule has 2 N–H and O–H groups in total. The molecule has 1 saturated carbocycles. The number of hydrogen-bond acceptors (Lipinski definition) is 4. The highest BCUT2D eigenvalue weighted by molar-refractivity contribution is 7.92. The fraction of sp³-hybridized carbons (Fsp3) is 0.188. The minimum atomic E-state index is -3.63. The van der Waals surface area contributed by atoms with Crippen LogP contribution < -0.4 is 5.73 Å². The average Bonchev–Trinajstić information content (AvgIpc) is 3.17. The summed E-state index contributed by atoms with van der Waals surface area (Å²) in [5.41, 5.74) is 5.47. The van der Waals surface area contributed by atoms with Crippen molar-refractivity contribution in [1.82, 2.24) is 0 Å². The Bertz CT molecular complexity index is 797. The fourth-order valence-corrected chi connectivity index (χ4v) is 5.02. The number of sulfone groups is 1. The molecular weight excluding hydrogens is 284 g/mol. The third-order valence-corrected chi connectivity index (χ3v) is 6.20. The van der Waals surface area contributed by atoms with E-state index in [4.69, 9.17) is 5.73 Å². The van der Waals surface area contributed by atoms with Gasteiger partial charge in [0.2, 0.25) is 0 Å². The normalized spacial score (nSPS) is 27.8. The summed E-state index contributed by atoms with van der Waals surface area (Å²) in [5, 5.41) is 8.44. The number of nitrogens with two attached hydrogens (primary N) is 1. The van der Waals surface area contributed by atoms with Crippen LogP contribution in [0.1, 0.15) is 11.5 Å². The smallest absolute Gasteiger partial charge is 0.184 e. The molecule has 0 heterocycles. The molecule has 0 amide bonds. The van der Waals surface area contributed by atoms with E-state index in [1.54, 1.807) is 18.2 Å². The summed E-state index contributed by atoms with van der Waals surface area (Å²) in [4.78, 5) is 0.207. The van der Waals surface area contributed by atoms with E-state index in [0.29, 0.717) is 0 Å². The van der Waals surface area contributed by atoms with E-state index in [2.05, 4.69) is 0 Å². The van der Waals surface area contributed by atoms with Crippen LogP contribution in [0.2, 0.25) is 0 Å². The van der Waals surface area contributed by atoms with E-state index in [9.17, 15) is 13.7 Å². The van der Waals surface area contributed by atoms with Gasteiger partial charge >= 0.3 is 0 Å². The first-order valence-corrected chi connectivity index (χ1v) is 8.10. The van der Waals surface area contributed by atoms with Gasteiger partial charge in [0, 0.05) is 5.92 Å². The lowest BCUT2D eigenvalue weighted by atomic mass is 10.1. The van der Waals surface area contributed by atoms with Crippen molar-refractivity contribution < 1.29 is 8.42 Å². The molecule has 0 saturated heterocycles. The van der Waals surface area contributed by atoms with Crippen LogP contribution in [0.25, 0.3) is 0 Å². The van der Waals surface area contributed by atoms with Gasteiger partial charge in [0.25, 0.3) is 0 Å². The van der Waals surface area contributed by atoms with Crippen molar-refractivity contribution in [3.63, 3.8) is 0 Å². The van der Waals surface area contributed by atoms with Crippen LogP contribution in [0.4, 0.5) is 0 Å². The van der Waals surface area contributed by atoms with Crippen LogP contribution in [0.3, 0.4) is 0 Å². The van der Waals surface area contributed by atoms with E-state index in [-0.39, 0.29) is 4.90 Å². The first kappa shape index (κ1) is 13.8. The van der Waals surface area contributed by atoms with Gasteiger partial charge in [-0.25, -0.2) is 8.42 Å². The predicted octanol–water partition coefficient (Wildman–Crippen LogP) is 1.85. The molecule has 106 valence electrons. The molecule has 0 bridgehead atoms. The molecular formula is C16H14N2O2S. The lowest BCUT2D eigenvalue weighted by Crippen LogP contribution is -2.29. The van der Waals surface area contributed by atoms with Crippen molar-refractivity contribution in [3.05, 3.63) is 66.2 Å². The molecule has 2 aromatic carbocycles. The van der Waals surface area contributed by atoms with Gasteiger partial charge < -0.3 is 5.73 Å². The van der Waals surface area contributed by atoms with Crippen LogP contribution in [0, 0.1) is 11.3 Å². The van der Waals surface area contributed by atoms with Crippen LogP contribution in [-0.4, -0.2) is 19.2 Å². The van der Waals surface area contributed by atoms with Gasteiger partial charge in [0.05, 0.1) is 11.0 Å². The van der Waals surface area contributed by atoms with E-state index < -0.39 is 26.5 Å². The molecule has 4 nitrogen and oxygen atoms in total. The minimum Gasteiger partial charge on any atom is -0.312 e. The van der Waals surface area contributed by atoms with Gasteiger partial charge in [-0.15, -0.1) is 0 Å². The number of rotatable bonds is 3. The maximum atomic E-state index is 12.7. The summed E-state index contributed by atoms with van der Waals surface area (Å²) in [6, 6.07) is 19.2. The first-order valence-electron chi connectivity index (χ1n) is 6.56. The fourth-order valence-electron chi connectivity index (χ4n) is 2.81. The summed E-state index contributed by atoms with van der Waals surface area (Å²) in [6.07, 6.45) is 0. The quantitative estimate of drug-likeness (QED) is 0.937. The van der Waals surface area contributed by atoms with E-state index >= 15 is 0 Å². The zero-order valence-corrected chi connectivity index (χ0v) is 12.0. The molecule has 1 aliphatic rings. The Morgan fingerprint density at radius 1 is 1.00 bits per heavy atom. The summed E-state index contributed by atoms with van der Waals surface area (Å²) >= 11 is 0. The zero-order valence-electron chi connectivity index (χ0n) is 11.2. The highest BCUT2D eigenvalue weighted by Crippen LogP contribution is 2.55. The second kappa shape index (κ2) is 4.69. The number of nitriles is 1. The van der Waals surface area contributed by atoms with Crippen molar-refractivity contribution in [3.8, 4) is 6.07 Å². The lowest BCUT2D eigenvalue weighted by Gasteiger charge is -2.04. The van der Waals surface area contributed by atoms with Crippen molar-refractivity contribution in [1.29, 1.82) is 5.26 Å². The molecule has 5 heteroatoms. The van der Waals surface area contributed by atoms with E-state index in [0.717, 1.165) is 5.56 Å². The molecule has 21 heavy (non-hydrogen) atoms. The number of benzene rings is 2. The standard InChI is InChI=1S/C16H14N2O2S/c17-11-16(18)14(12-7-3-1-4-8-12)15(16)21(19,20)13-9-5-2-6-10-13/h1-10,14-15H,18H2/t14-,15+,16-/m0/s1. The van der Waals surface area contributed by atoms with Gasteiger partial charge in [-0.1, -0.05) is 48.5 Å². The third kappa shape index (κ3) is 2.04. The maximum absolute atomic E-state index is 12.7. The Kier molecular flexibility index (Phi) is 3.08. The lowest BCUT2D eigenvalue weighted by molar-refractivity contribution is 0.592. The molecule has 0 aromatic heterocycles. The molecule has 3 rings (SSSR count). The summed E-state index contributed by atoms with van der Waals surface area (Å²) < 4.78 is 25.4. The second-order valence-corrected chi connectivity index (χ2v) is 7.28. The van der Waals surface area contributed by atoms with Crippen molar-refractivity contribution >= 4 is 9.84 Å². The SMILES string of the molecule is N#C[C@@]1(N)[C@H](S(=O)(=O)c2ccccc2)[C@@H]1c1ccccc1. The van der Waals surface area contributed by atoms with Crippen LogP contribution >= 0.6 is 0 Å². The van der Waals surface area contributed by atoms with Crippen molar-refractivity contribution in [2.45, 2.75) is 21.6 Å². The molecule has 0 unspecified atom stereocenters. The van der Waals surface area contributed by atoms with Crippen LogP contribution in [0.5, 0.6) is 0 Å².